The molecule has 96 valence electrons. The molecule has 0 spiro atoms. The van der Waals surface area contributed by atoms with Gasteiger partial charge in [0.25, 0.3) is 0 Å². The first-order valence-corrected chi connectivity index (χ1v) is 6.29. The highest BCUT2D eigenvalue weighted by Crippen LogP contribution is 2.28. The van der Waals surface area contributed by atoms with Crippen molar-refractivity contribution in [3.05, 3.63) is 0 Å². The van der Waals surface area contributed by atoms with E-state index in [0.717, 1.165) is 25.3 Å². The highest BCUT2D eigenvalue weighted by Gasteiger charge is 2.14. The lowest BCUT2D eigenvalue weighted by atomic mass is 10.0. The van der Waals surface area contributed by atoms with Gasteiger partial charge in [-0.25, -0.2) is 0 Å². The van der Waals surface area contributed by atoms with E-state index in [1.807, 2.05) is 0 Å². The summed E-state index contributed by atoms with van der Waals surface area (Å²) in [4.78, 5) is 11.3. The van der Waals surface area contributed by atoms with Gasteiger partial charge in [0, 0.05) is 13.0 Å². The lowest BCUT2D eigenvalue weighted by Crippen LogP contribution is -2.25. The van der Waals surface area contributed by atoms with Crippen molar-refractivity contribution in [3.8, 4) is 0 Å². The fourth-order valence-electron chi connectivity index (χ4n) is 2.27. The van der Waals surface area contributed by atoms with Gasteiger partial charge in [0.1, 0.15) is 0 Å². The molecule has 1 amide bonds. The van der Waals surface area contributed by atoms with Gasteiger partial charge in [-0.05, 0) is 31.7 Å². The highest BCUT2D eigenvalue weighted by atomic mass is 35.5. The Morgan fingerprint density at radius 2 is 1.94 bits per heavy atom. The minimum absolute atomic E-state index is 0. The SMILES string of the molecule is Cl.NCCCNC(=O)CCCC1CCCC1. The summed E-state index contributed by atoms with van der Waals surface area (Å²) in [5, 5.41) is 2.89. The van der Waals surface area contributed by atoms with Crippen molar-refractivity contribution < 1.29 is 4.79 Å². The van der Waals surface area contributed by atoms with Crippen molar-refractivity contribution in [2.75, 3.05) is 13.1 Å². The van der Waals surface area contributed by atoms with E-state index in [2.05, 4.69) is 5.32 Å². The van der Waals surface area contributed by atoms with Crippen molar-refractivity contribution in [2.45, 2.75) is 51.4 Å². The molecule has 1 aliphatic rings. The first kappa shape index (κ1) is 15.7. The monoisotopic (exact) mass is 248 g/mol. The van der Waals surface area contributed by atoms with Gasteiger partial charge in [0.15, 0.2) is 0 Å². The summed E-state index contributed by atoms with van der Waals surface area (Å²) in [5.74, 6) is 1.10. The molecule has 3 N–H and O–H groups in total. The predicted molar refractivity (Wildman–Crippen MR) is 69.7 cm³/mol. The molecule has 0 aromatic carbocycles. The number of halogens is 1. The molecule has 1 rings (SSSR count). The fraction of sp³-hybridized carbons (Fsp3) is 0.917. The van der Waals surface area contributed by atoms with Crippen molar-refractivity contribution >= 4 is 18.3 Å². The Kier molecular flexibility index (Phi) is 9.74. The van der Waals surface area contributed by atoms with E-state index >= 15 is 0 Å². The van der Waals surface area contributed by atoms with Crippen molar-refractivity contribution in [1.29, 1.82) is 0 Å². The first-order valence-electron chi connectivity index (χ1n) is 6.29. The summed E-state index contributed by atoms with van der Waals surface area (Å²) < 4.78 is 0. The summed E-state index contributed by atoms with van der Waals surface area (Å²) in [6.45, 7) is 1.39. The Labute approximate surface area is 105 Å². The van der Waals surface area contributed by atoms with Crippen LogP contribution in [0.1, 0.15) is 51.4 Å². The smallest absolute Gasteiger partial charge is 0.219 e. The molecular weight excluding hydrogens is 224 g/mol. The minimum Gasteiger partial charge on any atom is -0.356 e. The zero-order chi connectivity index (χ0) is 10.9. The van der Waals surface area contributed by atoms with Gasteiger partial charge in [-0.2, -0.15) is 0 Å². The predicted octanol–water partition coefficient (Wildman–Crippen LogP) is 2.23. The number of carbonyl (C=O) groups is 1. The van der Waals surface area contributed by atoms with E-state index in [0.29, 0.717) is 13.0 Å². The van der Waals surface area contributed by atoms with Crippen LogP contribution in [-0.2, 0) is 4.79 Å². The van der Waals surface area contributed by atoms with E-state index < -0.39 is 0 Å². The van der Waals surface area contributed by atoms with Crippen LogP contribution in [0.5, 0.6) is 0 Å². The summed E-state index contributed by atoms with van der Waals surface area (Å²) in [6, 6.07) is 0. The molecule has 0 bridgehead atoms. The Morgan fingerprint density at radius 1 is 1.25 bits per heavy atom. The van der Waals surface area contributed by atoms with Gasteiger partial charge >= 0.3 is 0 Å². The molecule has 1 aliphatic carbocycles. The molecular formula is C12H25ClN2O. The maximum Gasteiger partial charge on any atom is 0.219 e. The Bertz CT molecular complexity index is 182. The minimum atomic E-state index is 0. The average molecular weight is 249 g/mol. The molecule has 0 aromatic heterocycles. The summed E-state index contributed by atoms with van der Waals surface area (Å²) in [6.07, 6.45) is 9.43. The second-order valence-electron chi connectivity index (χ2n) is 4.53. The number of hydrogen-bond donors (Lipinski definition) is 2. The van der Waals surface area contributed by atoms with Gasteiger partial charge in [-0.15, -0.1) is 12.4 Å². The third-order valence-corrected chi connectivity index (χ3v) is 3.19. The van der Waals surface area contributed by atoms with E-state index in [1.54, 1.807) is 0 Å². The van der Waals surface area contributed by atoms with E-state index in [1.165, 1.54) is 32.1 Å². The lowest BCUT2D eigenvalue weighted by Gasteiger charge is -2.08. The zero-order valence-corrected chi connectivity index (χ0v) is 10.9. The highest BCUT2D eigenvalue weighted by molar-refractivity contribution is 5.85. The molecule has 0 heterocycles. The van der Waals surface area contributed by atoms with Crippen LogP contribution in [-0.4, -0.2) is 19.0 Å². The van der Waals surface area contributed by atoms with Gasteiger partial charge in [0.2, 0.25) is 5.91 Å². The van der Waals surface area contributed by atoms with Crippen LogP contribution in [0.15, 0.2) is 0 Å². The fourth-order valence-corrected chi connectivity index (χ4v) is 2.27. The van der Waals surface area contributed by atoms with Gasteiger partial charge in [0.05, 0.1) is 0 Å². The van der Waals surface area contributed by atoms with Crippen molar-refractivity contribution in [3.63, 3.8) is 0 Å². The van der Waals surface area contributed by atoms with E-state index in [-0.39, 0.29) is 18.3 Å². The maximum atomic E-state index is 11.3. The molecule has 3 nitrogen and oxygen atoms in total. The average Bonchev–Trinajstić information content (AvgIpc) is 2.71. The van der Waals surface area contributed by atoms with Crippen LogP contribution < -0.4 is 11.1 Å². The molecule has 0 radical (unpaired) electrons. The Balaban J connectivity index is 0.00000225. The lowest BCUT2D eigenvalue weighted by molar-refractivity contribution is -0.121. The third kappa shape index (κ3) is 7.07. The molecule has 0 unspecified atom stereocenters. The van der Waals surface area contributed by atoms with Crippen LogP contribution >= 0.6 is 12.4 Å². The van der Waals surface area contributed by atoms with Crippen LogP contribution in [0.2, 0.25) is 0 Å². The summed E-state index contributed by atoms with van der Waals surface area (Å²) in [5.41, 5.74) is 5.35. The van der Waals surface area contributed by atoms with Crippen LogP contribution in [0, 0.1) is 5.92 Å². The maximum absolute atomic E-state index is 11.3. The topological polar surface area (TPSA) is 55.1 Å². The van der Waals surface area contributed by atoms with Crippen LogP contribution in [0.4, 0.5) is 0 Å². The Morgan fingerprint density at radius 3 is 2.56 bits per heavy atom. The largest absolute Gasteiger partial charge is 0.356 e. The number of rotatable bonds is 7. The van der Waals surface area contributed by atoms with Gasteiger partial charge < -0.3 is 11.1 Å². The van der Waals surface area contributed by atoms with Crippen molar-refractivity contribution in [2.24, 2.45) is 11.7 Å². The number of nitrogens with one attached hydrogen (secondary N) is 1. The van der Waals surface area contributed by atoms with Crippen LogP contribution in [0.3, 0.4) is 0 Å². The van der Waals surface area contributed by atoms with Crippen molar-refractivity contribution in [1.82, 2.24) is 5.32 Å². The number of nitrogens with two attached hydrogens (primary N) is 1. The molecule has 1 saturated carbocycles. The summed E-state index contributed by atoms with van der Waals surface area (Å²) in [7, 11) is 0. The van der Waals surface area contributed by atoms with Gasteiger partial charge in [-0.1, -0.05) is 25.7 Å². The van der Waals surface area contributed by atoms with Gasteiger partial charge in [-0.3, -0.25) is 4.79 Å². The van der Waals surface area contributed by atoms with E-state index in [9.17, 15) is 4.79 Å². The molecule has 0 saturated heterocycles. The second-order valence-corrected chi connectivity index (χ2v) is 4.53. The standard InChI is InChI=1S/C12H24N2O.ClH/c13-9-4-10-14-12(15)8-3-7-11-5-1-2-6-11;/h11H,1-10,13H2,(H,14,15);1H. The number of amides is 1. The van der Waals surface area contributed by atoms with E-state index in [4.69, 9.17) is 5.73 Å². The molecule has 4 heteroatoms. The Hall–Kier alpha value is -0.280. The summed E-state index contributed by atoms with van der Waals surface area (Å²) >= 11 is 0. The number of carbonyl (C=O) groups excluding carboxylic acids is 1. The third-order valence-electron chi connectivity index (χ3n) is 3.19. The molecule has 16 heavy (non-hydrogen) atoms. The molecule has 1 fully saturated rings. The number of hydrogen-bond acceptors (Lipinski definition) is 2. The second kappa shape index (κ2) is 9.91. The zero-order valence-electron chi connectivity index (χ0n) is 10.0. The van der Waals surface area contributed by atoms with Crippen LogP contribution in [0.25, 0.3) is 0 Å². The molecule has 0 aliphatic heterocycles. The molecule has 0 aromatic rings. The normalized spacial score (nSPS) is 15.8. The first-order chi connectivity index (χ1) is 7.33. The quantitative estimate of drug-likeness (QED) is 0.679. The molecule has 0 atom stereocenters.